The van der Waals surface area contributed by atoms with Crippen LogP contribution in [0.15, 0.2) is 60.7 Å². The standard InChI is InChI=1S/C19H20N2/c1-14-6-2-3-8-16(14)12-17(20)13-18-11-10-15-7-4-5-9-19(15)21-18/h2-11,17H,12-13,20H2,1H3. The number of hydrogen-bond acceptors (Lipinski definition) is 2. The van der Waals surface area contributed by atoms with Gasteiger partial charge in [-0.2, -0.15) is 0 Å². The van der Waals surface area contributed by atoms with E-state index in [0.29, 0.717) is 0 Å². The molecule has 0 spiro atoms. The van der Waals surface area contributed by atoms with Crippen LogP contribution in [0.4, 0.5) is 0 Å². The van der Waals surface area contributed by atoms with Gasteiger partial charge in [0.25, 0.3) is 0 Å². The summed E-state index contributed by atoms with van der Waals surface area (Å²) in [5.41, 5.74) is 11.0. The van der Waals surface area contributed by atoms with Crippen molar-refractivity contribution in [2.24, 2.45) is 5.73 Å². The van der Waals surface area contributed by atoms with Gasteiger partial charge in [0.05, 0.1) is 5.52 Å². The molecular formula is C19H20N2. The summed E-state index contributed by atoms with van der Waals surface area (Å²) in [7, 11) is 0. The lowest BCUT2D eigenvalue weighted by atomic mass is 9.98. The molecule has 2 N–H and O–H groups in total. The summed E-state index contributed by atoms with van der Waals surface area (Å²) < 4.78 is 0. The summed E-state index contributed by atoms with van der Waals surface area (Å²) in [5, 5.41) is 1.17. The molecule has 3 aromatic rings. The second kappa shape index (κ2) is 6.06. The van der Waals surface area contributed by atoms with Crippen LogP contribution in [-0.4, -0.2) is 11.0 Å². The van der Waals surface area contributed by atoms with Crippen molar-refractivity contribution in [2.75, 3.05) is 0 Å². The Morgan fingerprint density at radius 1 is 0.905 bits per heavy atom. The molecular weight excluding hydrogens is 256 g/mol. The zero-order valence-corrected chi connectivity index (χ0v) is 12.3. The van der Waals surface area contributed by atoms with Crippen LogP contribution in [0.3, 0.4) is 0 Å². The van der Waals surface area contributed by atoms with Gasteiger partial charge >= 0.3 is 0 Å². The molecule has 2 aromatic carbocycles. The Morgan fingerprint density at radius 2 is 1.67 bits per heavy atom. The van der Waals surface area contributed by atoms with Crippen LogP contribution in [0, 0.1) is 6.92 Å². The Balaban J connectivity index is 1.74. The highest BCUT2D eigenvalue weighted by Gasteiger charge is 2.08. The SMILES string of the molecule is Cc1ccccc1CC(N)Cc1ccc2ccccc2n1. The maximum Gasteiger partial charge on any atom is 0.0705 e. The number of pyridine rings is 1. The van der Waals surface area contributed by atoms with Crippen LogP contribution in [0.5, 0.6) is 0 Å². The Labute approximate surface area is 125 Å². The third kappa shape index (κ3) is 3.29. The fraction of sp³-hybridized carbons (Fsp3) is 0.211. The third-order valence-electron chi connectivity index (χ3n) is 3.87. The zero-order chi connectivity index (χ0) is 14.7. The van der Waals surface area contributed by atoms with Crippen LogP contribution < -0.4 is 5.73 Å². The molecule has 0 aliphatic rings. The van der Waals surface area contributed by atoms with Gasteiger partial charge in [-0.15, -0.1) is 0 Å². The lowest BCUT2D eigenvalue weighted by molar-refractivity contribution is 0.654. The number of para-hydroxylation sites is 1. The first-order valence-corrected chi connectivity index (χ1v) is 7.37. The summed E-state index contributed by atoms with van der Waals surface area (Å²) in [5.74, 6) is 0. The van der Waals surface area contributed by atoms with Crippen LogP contribution >= 0.6 is 0 Å². The maximum absolute atomic E-state index is 6.31. The fourth-order valence-corrected chi connectivity index (χ4v) is 2.68. The highest BCUT2D eigenvalue weighted by Crippen LogP contribution is 2.14. The van der Waals surface area contributed by atoms with E-state index in [4.69, 9.17) is 10.7 Å². The van der Waals surface area contributed by atoms with E-state index in [9.17, 15) is 0 Å². The zero-order valence-electron chi connectivity index (χ0n) is 12.3. The topological polar surface area (TPSA) is 38.9 Å². The van der Waals surface area contributed by atoms with Crippen molar-refractivity contribution >= 4 is 10.9 Å². The highest BCUT2D eigenvalue weighted by molar-refractivity contribution is 5.78. The van der Waals surface area contributed by atoms with Gasteiger partial charge in [0, 0.05) is 23.5 Å². The van der Waals surface area contributed by atoms with Crippen LogP contribution in [0.1, 0.15) is 16.8 Å². The molecule has 0 fully saturated rings. The molecule has 0 amide bonds. The summed E-state index contributed by atoms with van der Waals surface area (Å²) in [6.45, 7) is 2.14. The van der Waals surface area contributed by atoms with Crippen molar-refractivity contribution in [1.29, 1.82) is 0 Å². The van der Waals surface area contributed by atoms with Crippen molar-refractivity contribution in [2.45, 2.75) is 25.8 Å². The summed E-state index contributed by atoms with van der Waals surface area (Å²) in [4.78, 5) is 4.70. The van der Waals surface area contributed by atoms with Crippen molar-refractivity contribution in [3.8, 4) is 0 Å². The van der Waals surface area contributed by atoms with E-state index in [-0.39, 0.29) is 6.04 Å². The fourth-order valence-electron chi connectivity index (χ4n) is 2.68. The average molecular weight is 276 g/mol. The van der Waals surface area contributed by atoms with E-state index in [0.717, 1.165) is 24.1 Å². The van der Waals surface area contributed by atoms with Gasteiger partial charge in [0.15, 0.2) is 0 Å². The minimum absolute atomic E-state index is 0.0970. The molecule has 21 heavy (non-hydrogen) atoms. The summed E-state index contributed by atoms with van der Waals surface area (Å²) >= 11 is 0. The minimum atomic E-state index is 0.0970. The maximum atomic E-state index is 6.31. The van der Waals surface area contributed by atoms with Gasteiger partial charge in [0.2, 0.25) is 0 Å². The quantitative estimate of drug-likeness (QED) is 0.790. The number of nitrogens with two attached hydrogens (primary N) is 1. The number of aromatic nitrogens is 1. The number of nitrogens with zero attached hydrogens (tertiary/aromatic N) is 1. The molecule has 1 heterocycles. The van der Waals surface area contributed by atoms with Gasteiger partial charge in [-0.3, -0.25) is 4.98 Å². The Morgan fingerprint density at radius 3 is 2.52 bits per heavy atom. The molecule has 106 valence electrons. The Hall–Kier alpha value is -2.19. The van der Waals surface area contributed by atoms with Gasteiger partial charge < -0.3 is 5.73 Å². The second-order valence-corrected chi connectivity index (χ2v) is 5.59. The Kier molecular flexibility index (Phi) is 3.98. The molecule has 0 aliphatic carbocycles. The van der Waals surface area contributed by atoms with Gasteiger partial charge in [0.1, 0.15) is 0 Å². The summed E-state index contributed by atoms with van der Waals surface area (Å²) in [6, 6.07) is 20.9. The van der Waals surface area contributed by atoms with Crippen molar-refractivity contribution in [3.05, 3.63) is 77.5 Å². The van der Waals surface area contributed by atoms with Crippen LogP contribution in [0.2, 0.25) is 0 Å². The van der Waals surface area contributed by atoms with Gasteiger partial charge in [-0.1, -0.05) is 48.5 Å². The van der Waals surface area contributed by atoms with E-state index in [1.165, 1.54) is 16.5 Å². The number of fused-ring (bicyclic) bond motifs is 1. The molecule has 2 heteroatoms. The first-order chi connectivity index (χ1) is 10.2. The largest absolute Gasteiger partial charge is 0.327 e. The number of rotatable bonds is 4. The molecule has 0 aliphatic heterocycles. The molecule has 1 unspecified atom stereocenters. The first-order valence-electron chi connectivity index (χ1n) is 7.37. The molecule has 1 atom stereocenters. The molecule has 0 saturated carbocycles. The molecule has 0 radical (unpaired) electrons. The highest BCUT2D eigenvalue weighted by atomic mass is 14.7. The monoisotopic (exact) mass is 276 g/mol. The molecule has 3 rings (SSSR count). The predicted octanol–water partition coefficient (Wildman–Crippen LogP) is 3.66. The Bertz CT molecular complexity index is 749. The number of hydrogen-bond donors (Lipinski definition) is 1. The van der Waals surface area contributed by atoms with Crippen molar-refractivity contribution in [1.82, 2.24) is 4.98 Å². The van der Waals surface area contributed by atoms with E-state index < -0.39 is 0 Å². The van der Waals surface area contributed by atoms with Crippen molar-refractivity contribution in [3.63, 3.8) is 0 Å². The van der Waals surface area contributed by atoms with Crippen molar-refractivity contribution < 1.29 is 0 Å². The molecule has 0 saturated heterocycles. The smallest absolute Gasteiger partial charge is 0.0705 e. The van der Waals surface area contributed by atoms with E-state index in [1.54, 1.807) is 0 Å². The van der Waals surface area contributed by atoms with Crippen LogP contribution in [0.25, 0.3) is 10.9 Å². The lowest BCUT2D eigenvalue weighted by Crippen LogP contribution is -2.26. The van der Waals surface area contributed by atoms with Gasteiger partial charge in [-0.25, -0.2) is 0 Å². The van der Waals surface area contributed by atoms with E-state index in [2.05, 4.69) is 49.4 Å². The second-order valence-electron chi connectivity index (χ2n) is 5.59. The third-order valence-corrected chi connectivity index (χ3v) is 3.87. The normalized spacial score (nSPS) is 12.5. The summed E-state index contributed by atoms with van der Waals surface area (Å²) in [6.07, 6.45) is 1.69. The first kappa shape index (κ1) is 13.8. The molecule has 1 aromatic heterocycles. The minimum Gasteiger partial charge on any atom is -0.327 e. The lowest BCUT2D eigenvalue weighted by Gasteiger charge is -2.13. The number of benzene rings is 2. The van der Waals surface area contributed by atoms with Gasteiger partial charge in [-0.05, 0) is 36.6 Å². The molecule has 0 bridgehead atoms. The average Bonchev–Trinajstić information content (AvgIpc) is 2.49. The number of aryl methyl sites for hydroxylation is 1. The molecule has 2 nitrogen and oxygen atoms in total. The van der Waals surface area contributed by atoms with Crippen LogP contribution in [-0.2, 0) is 12.8 Å². The van der Waals surface area contributed by atoms with E-state index in [1.807, 2.05) is 18.2 Å². The predicted molar refractivity (Wildman–Crippen MR) is 88.3 cm³/mol. The van der Waals surface area contributed by atoms with E-state index >= 15 is 0 Å².